The third-order valence-corrected chi connectivity index (χ3v) is 10.2. The minimum atomic E-state index is -4.27. The Kier molecular flexibility index (Phi) is 36.2. The molecule has 1 N–H and O–H groups in total. The summed E-state index contributed by atoms with van der Waals surface area (Å²) in [5.74, 6) is -0.325. The number of hydrogen-bond donors (Lipinski definition) is 1. The van der Waals surface area contributed by atoms with Crippen molar-refractivity contribution < 1.29 is 37.3 Å². The van der Waals surface area contributed by atoms with E-state index in [2.05, 4.69) is 38.2 Å². The fraction of sp³-hybridized carbons (Fsp3) is 0.884. The molecule has 0 spiro atoms. The van der Waals surface area contributed by atoms with Gasteiger partial charge in [0.25, 0.3) is 0 Å². The number of nitrogens with zero attached hydrogens (tertiary/aromatic N) is 1. The van der Waals surface area contributed by atoms with Crippen molar-refractivity contribution in [2.75, 3.05) is 54.1 Å². The van der Waals surface area contributed by atoms with Crippen LogP contribution in [0.1, 0.15) is 187 Å². The van der Waals surface area contributed by atoms with E-state index in [0.29, 0.717) is 24.1 Å². The van der Waals surface area contributed by atoms with Crippen molar-refractivity contribution >= 4 is 13.8 Å². The third-order valence-electron chi connectivity index (χ3n) is 9.27. The van der Waals surface area contributed by atoms with Crippen molar-refractivity contribution in [3.8, 4) is 0 Å². The number of phosphoric acid groups is 1. The van der Waals surface area contributed by atoms with Gasteiger partial charge in [-0.25, -0.2) is 4.57 Å². The van der Waals surface area contributed by atoms with Crippen molar-refractivity contribution in [2.45, 2.75) is 193 Å². The fourth-order valence-electron chi connectivity index (χ4n) is 5.88. The average molecular weight is 759 g/mol. The van der Waals surface area contributed by atoms with Crippen LogP contribution in [0, 0.1) is 0 Å². The molecule has 0 fully saturated rings. The molecule has 0 aliphatic heterocycles. The van der Waals surface area contributed by atoms with Gasteiger partial charge in [0.2, 0.25) is 0 Å². The Bertz CT molecular complexity index is 889. The number of rotatable bonds is 40. The van der Waals surface area contributed by atoms with Crippen LogP contribution in [-0.4, -0.2) is 75.6 Å². The van der Waals surface area contributed by atoms with Crippen LogP contribution in [0.3, 0.4) is 0 Å². The summed E-state index contributed by atoms with van der Waals surface area (Å²) < 4.78 is 35.0. The maximum Gasteiger partial charge on any atom is 0.472 e. The fourth-order valence-corrected chi connectivity index (χ4v) is 6.62. The zero-order valence-electron chi connectivity index (χ0n) is 34.8. The van der Waals surface area contributed by atoms with E-state index in [1.807, 2.05) is 21.1 Å². The third kappa shape index (κ3) is 40.2. The van der Waals surface area contributed by atoms with Crippen molar-refractivity contribution in [1.82, 2.24) is 0 Å². The van der Waals surface area contributed by atoms with Crippen LogP contribution in [0.5, 0.6) is 0 Å². The smallest absolute Gasteiger partial charge is 0.457 e. The molecule has 0 amide bonds. The summed E-state index contributed by atoms with van der Waals surface area (Å²) in [5, 5.41) is 0. The molecular formula is C43H85NO7P+. The first-order valence-corrected chi connectivity index (χ1v) is 23.1. The molecule has 0 radical (unpaired) electrons. The molecule has 0 aromatic heterocycles. The molecule has 0 bridgehead atoms. The molecular weight excluding hydrogens is 673 g/mol. The maximum atomic E-state index is 12.7. The van der Waals surface area contributed by atoms with Crippen LogP contribution in [0.25, 0.3) is 0 Å². The molecule has 8 nitrogen and oxygen atoms in total. The number of quaternary nitrogens is 1. The largest absolute Gasteiger partial charge is 0.472 e. The second-order valence-electron chi connectivity index (χ2n) is 15.7. The van der Waals surface area contributed by atoms with E-state index in [4.69, 9.17) is 18.5 Å². The van der Waals surface area contributed by atoms with Crippen LogP contribution in [0.2, 0.25) is 0 Å². The summed E-state index contributed by atoms with van der Waals surface area (Å²) in [6, 6.07) is 0. The standard InChI is InChI=1S/C43H84NO7P/c1-6-8-10-12-14-16-18-20-22-23-24-26-28-30-32-34-36-43(45)51-42(41-50-52(46,47)49-39-37-44(3,4)5)40-48-38-35-33-31-29-27-25-21-19-17-15-13-11-9-7-2/h16,18,22-23,42H,6-15,17,19-21,24-41H2,1-5H3/p+1/b18-16-,23-22-. The summed E-state index contributed by atoms with van der Waals surface area (Å²) in [4.78, 5) is 22.8. The zero-order chi connectivity index (χ0) is 38.4. The number of allylic oxidation sites excluding steroid dienone is 4. The van der Waals surface area contributed by atoms with Gasteiger partial charge in [-0.3, -0.25) is 13.8 Å². The second kappa shape index (κ2) is 36.9. The van der Waals surface area contributed by atoms with Crippen LogP contribution < -0.4 is 0 Å². The van der Waals surface area contributed by atoms with E-state index in [1.54, 1.807) is 0 Å². The van der Waals surface area contributed by atoms with Crippen molar-refractivity contribution in [3.63, 3.8) is 0 Å². The maximum absolute atomic E-state index is 12.7. The van der Waals surface area contributed by atoms with Crippen LogP contribution in [0.15, 0.2) is 24.3 Å². The van der Waals surface area contributed by atoms with Gasteiger partial charge >= 0.3 is 13.8 Å². The first kappa shape index (κ1) is 51.0. The lowest BCUT2D eigenvalue weighted by molar-refractivity contribution is -0.870. The van der Waals surface area contributed by atoms with Gasteiger partial charge in [0.05, 0.1) is 34.4 Å². The summed E-state index contributed by atoms with van der Waals surface area (Å²) in [7, 11) is 1.66. The highest BCUT2D eigenvalue weighted by Gasteiger charge is 2.26. The number of unbranched alkanes of at least 4 members (excludes halogenated alkanes) is 22. The lowest BCUT2D eigenvalue weighted by Crippen LogP contribution is -2.37. The predicted molar refractivity (Wildman–Crippen MR) is 220 cm³/mol. The van der Waals surface area contributed by atoms with Crippen molar-refractivity contribution in [1.29, 1.82) is 0 Å². The van der Waals surface area contributed by atoms with E-state index in [9.17, 15) is 14.3 Å². The molecule has 2 unspecified atom stereocenters. The summed E-state index contributed by atoms with van der Waals surface area (Å²) in [6.45, 7) is 5.61. The van der Waals surface area contributed by atoms with E-state index in [1.165, 1.54) is 109 Å². The Morgan fingerprint density at radius 2 is 1.06 bits per heavy atom. The second-order valence-corrected chi connectivity index (χ2v) is 17.2. The SMILES string of the molecule is CCCCCC/C=C\C/C=C\CCCCCCCC(=O)OC(COCCCCCCCCCCCCCCCC)COP(=O)(O)OCC[N+](C)(C)C. The Morgan fingerprint density at radius 3 is 1.58 bits per heavy atom. The van der Waals surface area contributed by atoms with Gasteiger partial charge in [-0.05, 0) is 44.9 Å². The van der Waals surface area contributed by atoms with E-state index in [-0.39, 0.29) is 25.8 Å². The average Bonchev–Trinajstić information content (AvgIpc) is 3.09. The molecule has 0 heterocycles. The highest BCUT2D eigenvalue weighted by molar-refractivity contribution is 7.47. The molecule has 308 valence electrons. The lowest BCUT2D eigenvalue weighted by Gasteiger charge is -2.24. The minimum absolute atomic E-state index is 0.0875. The Labute approximate surface area is 322 Å². The molecule has 2 atom stereocenters. The predicted octanol–water partition coefficient (Wildman–Crippen LogP) is 12.4. The van der Waals surface area contributed by atoms with Crippen molar-refractivity contribution in [3.05, 3.63) is 24.3 Å². The molecule has 0 saturated heterocycles. The molecule has 52 heavy (non-hydrogen) atoms. The van der Waals surface area contributed by atoms with E-state index >= 15 is 0 Å². The molecule has 0 saturated carbocycles. The number of carbonyl (C=O) groups excluding carboxylic acids is 1. The highest BCUT2D eigenvalue weighted by Crippen LogP contribution is 2.43. The first-order valence-electron chi connectivity index (χ1n) is 21.6. The lowest BCUT2D eigenvalue weighted by atomic mass is 10.0. The Morgan fingerprint density at radius 1 is 0.596 bits per heavy atom. The number of ether oxygens (including phenoxy) is 2. The summed E-state index contributed by atoms with van der Waals surface area (Å²) in [6.07, 6.45) is 40.6. The summed E-state index contributed by atoms with van der Waals surface area (Å²) >= 11 is 0. The summed E-state index contributed by atoms with van der Waals surface area (Å²) in [5.41, 5.74) is 0. The molecule has 9 heteroatoms. The van der Waals surface area contributed by atoms with Gasteiger partial charge in [0.1, 0.15) is 19.3 Å². The van der Waals surface area contributed by atoms with E-state index < -0.39 is 13.9 Å². The highest BCUT2D eigenvalue weighted by atomic mass is 31.2. The number of likely N-dealkylation sites (N-methyl/N-ethyl adjacent to an activating group) is 1. The van der Waals surface area contributed by atoms with Gasteiger partial charge in [0.15, 0.2) is 0 Å². The van der Waals surface area contributed by atoms with Crippen LogP contribution in [-0.2, 0) is 27.9 Å². The number of carbonyl (C=O) groups is 1. The Hall–Kier alpha value is -1.02. The van der Waals surface area contributed by atoms with Gasteiger partial charge in [-0.15, -0.1) is 0 Å². The van der Waals surface area contributed by atoms with Gasteiger partial charge in [-0.2, -0.15) is 0 Å². The molecule has 0 aromatic rings. The number of phosphoric ester groups is 1. The Balaban J connectivity index is 4.26. The molecule has 0 rings (SSSR count). The zero-order valence-corrected chi connectivity index (χ0v) is 35.7. The van der Waals surface area contributed by atoms with E-state index in [0.717, 1.165) is 57.8 Å². The van der Waals surface area contributed by atoms with Crippen molar-refractivity contribution in [2.24, 2.45) is 0 Å². The van der Waals surface area contributed by atoms with Crippen LogP contribution >= 0.6 is 7.82 Å². The van der Waals surface area contributed by atoms with Gasteiger partial charge in [-0.1, -0.05) is 160 Å². The monoisotopic (exact) mass is 759 g/mol. The van der Waals surface area contributed by atoms with Gasteiger partial charge in [0, 0.05) is 13.0 Å². The quantitative estimate of drug-likeness (QED) is 0.0219. The minimum Gasteiger partial charge on any atom is -0.457 e. The topological polar surface area (TPSA) is 91.3 Å². The van der Waals surface area contributed by atoms with Gasteiger partial charge < -0.3 is 18.9 Å². The number of esters is 1. The first-order chi connectivity index (χ1) is 25.1. The molecule has 0 aliphatic rings. The molecule has 0 aliphatic carbocycles. The van der Waals surface area contributed by atoms with Crippen LogP contribution in [0.4, 0.5) is 0 Å². The normalized spacial score (nSPS) is 14.0. The number of hydrogen-bond acceptors (Lipinski definition) is 6. The molecule has 0 aromatic carbocycles.